The van der Waals surface area contributed by atoms with E-state index in [1.54, 1.807) is 32.4 Å². The monoisotopic (exact) mass is 888 g/mol. The van der Waals surface area contributed by atoms with E-state index in [4.69, 9.17) is 24.0 Å². The summed E-state index contributed by atoms with van der Waals surface area (Å²) in [6.45, 7) is 6.52. The van der Waals surface area contributed by atoms with Crippen LogP contribution in [0.15, 0.2) is 125 Å². The van der Waals surface area contributed by atoms with E-state index in [1.807, 2.05) is 134 Å². The van der Waals surface area contributed by atoms with E-state index in [-0.39, 0.29) is 41.2 Å². The smallest absolute Gasteiger partial charge is 0.410 e. The van der Waals surface area contributed by atoms with E-state index in [0.29, 0.717) is 52.1 Å². The summed E-state index contributed by atoms with van der Waals surface area (Å²) < 4.78 is 57.3. The zero-order valence-electron chi connectivity index (χ0n) is 35.8. The average Bonchev–Trinajstić information content (AvgIpc) is 3.94. The summed E-state index contributed by atoms with van der Waals surface area (Å²) in [5.74, 6) is 2.13. The number of benzene rings is 4. The van der Waals surface area contributed by atoms with Crippen LogP contribution in [0.1, 0.15) is 37.5 Å². The predicted molar refractivity (Wildman–Crippen MR) is 239 cm³/mol. The second-order valence-corrected chi connectivity index (χ2v) is 19.2. The Balaban J connectivity index is 1.30. The number of carbonyl (C=O) groups excluding carboxylic acids is 1. The van der Waals surface area contributed by atoms with E-state index >= 15 is 8.42 Å². The molecule has 0 unspecified atom stereocenters. The molecule has 0 atom stereocenters. The van der Waals surface area contributed by atoms with Crippen molar-refractivity contribution in [2.75, 3.05) is 34.4 Å². The van der Waals surface area contributed by atoms with Gasteiger partial charge in [-0.15, -0.1) is 22.0 Å². The number of pyridine rings is 1. The lowest BCUT2D eigenvalue weighted by atomic mass is 10.0. The van der Waals surface area contributed by atoms with E-state index < -0.39 is 21.7 Å². The van der Waals surface area contributed by atoms with Crippen LogP contribution in [0.25, 0.3) is 28.3 Å². The van der Waals surface area contributed by atoms with Crippen LogP contribution in [0.4, 0.5) is 4.79 Å². The SMILES string of the molecule is COc1ccc(CN(Cc2ccc(OC)cc2)S(=O)(=O)c2c(SC3CN(C(=O)OC(C)(C)C)C3)ccc(-c3cccc4nccn34)c2-c2nnn(Cc3ccc(OC)cc3)n2)cc1. The lowest BCUT2D eigenvalue weighted by molar-refractivity contribution is 0.0143. The third-order valence-corrected chi connectivity index (χ3v) is 13.6. The molecule has 63 heavy (non-hydrogen) atoms. The van der Waals surface area contributed by atoms with Crippen molar-refractivity contribution in [2.24, 2.45) is 0 Å². The minimum Gasteiger partial charge on any atom is -0.497 e. The van der Waals surface area contributed by atoms with Crippen LogP contribution in [-0.4, -0.2) is 98.6 Å². The Morgan fingerprint density at radius 2 is 1.38 bits per heavy atom. The van der Waals surface area contributed by atoms with Crippen LogP contribution in [0.3, 0.4) is 0 Å². The van der Waals surface area contributed by atoms with Gasteiger partial charge in [0, 0.05) is 54.3 Å². The number of likely N-dealkylation sites (tertiary alicyclic amines) is 1. The molecule has 1 fully saturated rings. The second kappa shape index (κ2) is 18.1. The van der Waals surface area contributed by atoms with E-state index in [0.717, 1.165) is 16.7 Å². The van der Waals surface area contributed by atoms with Crippen molar-refractivity contribution in [3.05, 3.63) is 132 Å². The van der Waals surface area contributed by atoms with Crippen LogP contribution in [0, 0.1) is 0 Å². The molecule has 326 valence electrons. The van der Waals surface area contributed by atoms with Crippen LogP contribution in [0.2, 0.25) is 0 Å². The number of amides is 1. The predicted octanol–water partition coefficient (Wildman–Crippen LogP) is 7.83. The van der Waals surface area contributed by atoms with Gasteiger partial charge in [0.15, 0.2) is 0 Å². The molecule has 4 heterocycles. The highest BCUT2D eigenvalue weighted by Gasteiger charge is 2.39. The Hall–Kier alpha value is -6.43. The van der Waals surface area contributed by atoms with Gasteiger partial charge in [-0.1, -0.05) is 48.5 Å². The molecule has 0 aliphatic carbocycles. The van der Waals surface area contributed by atoms with Crippen molar-refractivity contribution in [1.29, 1.82) is 0 Å². The van der Waals surface area contributed by atoms with Gasteiger partial charge in [0.25, 0.3) is 0 Å². The number of fused-ring (bicyclic) bond motifs is 1. The summed E-state index contributed by atoms with van der Waals surface area (Å²) in [6.07, 6.45) is 3.11. The van der Waals surface area contributed by atoms with Gasteiger partial charge in [0.1, 0.15) is 33.4 Å². The number of ether oxygens (including phenoxy) is 4. The standard InChI is InChI=1S/C46H48N8O7S2/c1-46(2,3)61-45(55)51-29-37(30-51)62-40-23-22-38(39-8-7-9-41-47-24-25-53(39)41)42(44-48-50-54(49-44)28-33-14-20-36(60-6)21-15-33)43(40)63(56,57)52(26-31-10-16-34(58-4)17-11-31)27-32-12-18-35(59-5)19-13-32/h7-25,37H,26-30H2,1-6H3. The van der Waals surface area contributed by atoms with Crippen molar-refractivity contribution in [3.63, 3.8) is 0 Å². The van der Waals surface area contributed by atoms with Gasteiger partial charge in [0.05, 0.1) is 39.1 Å². The van der Waals surface area contributed by atoms with Crippen LogP contribution < -0.4 is 14.2 Å². The second-order valence-electron chi connectivity index (χ2n) is 16.0. The molecule has 0 radical (unpaired) electrons. The Morgan fingerprint density at radius 3 is 1.95 bits per heavy atom. The lowest BCUT2D eigenvalue weighted by Gasteiger charge is -2.39. The summed E-state index contributed by atoms with van der Waals surface area (Å²) in [5, 5.41) is 13.8. The molecule has 1 aliphatic heterocycles. The fraction of sp³-hybridized carbons (Fsp3) is 0.283. The molecular formula is C46H48N8O7S2. The van der Waals surface area contributed by atoms with Crippen molar-refractivity contribution < 1.29 is 32.2 Å². The van der Waals surface area contributed by atoms with Crippen LogP contribution in [0.5, 0.6) is 17.2 Å². The average molecular weight is 889 g/mol. The molecule has 17 heteroatoms. The molecule has 8 rings (SSSR count). The van der Waals surface area contributed by atoms with Gasteiger partial charge in [0.2, 0.25) is 15.8 Å². The Morgan fingerprint density at radius 1 is 0.794 bits per heavy atom. The summed E-state index contributed by atoms with van der Waals surface area (Å²) in [4.78, 5) is 21.1. The largest absolute Gasteiger partial charge is 0.497 e. The zero-order chi connectivity index (χ0) is 44.3. The number of rotatable bonds is 15. The van der Waals surface area contributed by atoms with Gasteiger partial charge in [-0.05, 0) is 97.3 Å². The molecule has 0 N–H and O–H groups in total. The van der Waals surface area contributed by atoms with E-state index in [1.165, 1.54) is 20.9 Å². The summed E-state index contributed by atoms with van der Waals surface area (Å²) in [7, 11) is 0.321. The number of hydrogen-bond donors (Lipinski definition) is 0. The minimum atomic E-state index is -4.46. The summed E-state index contributed by atoms with van der Waals surface area (Å²) in [5.41, 5.74) is 3.92. The maximum atomic E-state index is 16.0. The van der Waals surface area contributed by atoms with Crippen LogP contribution >= 0.6 is 11.8 Å². The fourth-order valence-corrected chi connectivity index (χ4v) is 10.6. The van der Waals surface area contributed by atoms with Gasteiger partial charge in [-0.3, -0.25) is 4.40 Å². The van der Waals surface area contributed by atoms with Gasteiger partial charge < -0.3 is 23.8 Å². The number of imidazole rings is 1. The molecule has 7 aromatic rings. The number of hydrogen-bond acceptors (Lipinski definition) is 12. The van der Waals surface area contributed by atoms with E-state index in [2.05, 4.69) is 15.3 Å². The molecule has 0 saturated carbocycles. The first kappa shape index (κ1) is 43.2. The number of nitrogens with zero attached hydrogens (tertiary/aromatic N) is 8. The van der Waals surface area contributed by atoms with Gasteiger partial charge in [-0.2, -0.15) is 9.10 Å². The molecule has 1 amide bonds. The molecule has 1 aliphatic rings. The molecule has 0 bridgehead atoms. The highest BCUT2D eigenvalue weighted by Crippen LogP contribution is 2.45. The lowest BCUT2D eigenvalue weighted by Crippen LogP contribution is -2.53. The van der Waals surface area contributed by atoms with Crippen molar-refractivity contribution >= 4 is 33.5 Å². The first-order valence-electron chi connectivity index (χ1n) is 20.2. The number of methoxy groups -OCH3 is 3. The molecule has 15 nitrogen and oxygen atoms in total. The molecule has 0 spiro atoms. The third-order valence-electron chi connectivity index (χ3n) is 10.4. The first-order chi connectivity index (χ1) is 30.3. The third kappa shape index (κ3) is 9.65. The number of thioether (sulfide) groups is 1. The van der Waals surface area contributed by atoms with Crippen molar-refractivity contribution in [3.8, 4) is 39.9 Å². The molecular weight excluding hydrogens is 841 g/mol. The highest BCUT2D eigenvalue weighted by molar-refractivity contribution is 8.00. The molecule has 3 aromatic heterocycles. The number of sulfonamides is 1. The number of aromatic nitrogens is 6. The number of tetrazole rings is 1. The normalized spacial score (nSPS) is 13.3. The molecule has 1 saturated heterocycles. The Kier molecular flexibility index (Phi) is 12.4. The summed E-state index contributed by atoms with van der Waals surface area (Å²) >= 11 is 1.39. The van der Waals surface area contributed by atoms with Crippen molar-refractivity contribution in [1.82, 2.24) is 38.8 Å². The van der Waals surface area contributed by atoms with Gasteiger partial charge in [-0.25, -0.2) is 18.2 Å². The quantitative estimate of drug-likeness (QED) is 0.0985. The van der Waals surface area contributed by atoms with E-state index in [9.17, 15) is 4.79 Å². The fourth-order valence-electron chi connectivity index (χ4n) is 7.21. The highest BCUT2D eigenvalue weighted by atomic mass is 32.2. The zero-order valence-corrected chi connectivity index (χ0v) is 37.5. The Labute approximate surface area is 370 Å². The van der Waals surface area contributed by atoms with Gasteiger partial charge >= 0.3 is 6.09 Å². The summed E-state index contributed by atoms with van der Waals surface area (Å²) in [6, 6.07) is 31.6. The topological polar surface area (TPSA) is 156 Å². The van der Waals surface area contributed by atoms with Crippen LogP contribution in [-0.2, 0) is 34.4 Å². The number of carbonyl (C=O) groups is 1. The Bertz CT molecular complexity index is 2770. The maximum absolute atomic E-state index is 16.0. The minimum absolute atomic E-state index is 0.0175. The first-order valence-corrected chi connectivity index (χ1v) is 22.5. The maximum Gasteiger partial charge on any atom is 0.410 e. The molecule has 4 aromatic carbocycles. The van der Waals surface area contributed by atoms with Crippen molar-refractivity contribution in [2.45, 2.75) is 61.0 Å².